The SMILES string of the molecule is Nc1nc(Cl)cc2ccc(F)cc12. The number of fused-ring (bicyclic) bond motifs is 1. The average Bonchev–Trinajstić information content (AvgIpc) is 2.06. The predicted octanol–water partition coefficient (Wildman–Crippen LogP) is 2.61. The van der Waals surface area contributed by atoms with Crippen LogP contribution >= 0.6 is 11.6 Å². The maximum atomic E-state index is 12.8. The molecule has 2 nitrogen and oxygen atoms in total. The van der Waals surface area contributed by atoms with Gasteiger partial charge < -0.3 is 5.73 Å². The van der Waals surface area contributed by atoms with E-state index in [1.807, 2.05) is 0 Å². The highest BCUT2D eigenvalue weighted by molar-refractivity contribution is 6.30. The summed E-state index contributed by atoms with van der Waals surface area (Å²) in [6.45, 7) is 0. The maximum Gasteiger partial charge on any atom is 0.133 e. The van der Waals surface area contributed by atoms with E-state index in [0.29, 0.717) is 10.5 Å². The van der Waals surface area contributed by atoms with Gasteiger partial charge in [-0.05, 0) is 23.6 Å². The van der Waals surface area contributed by atoms with Crippen molar-refractivity contribution in [1.29, 1.82) is 0 Å². The largest absolute Gasteiger partial charge is 0.383 e. The molecule has 0 fully saturated rings. The lowest BCUT2D eigenvalue weighted by molar-refractivity contribution is 0.629. The number of aromatic nitrogens is 1. The molecule has 0 aliphatic carbocycles. The minimum atomic E-state index is -0.330. The van der Waals surface area contributed by atoms with E-state index in [4.69, 9.17) is 17.3 Å². The van der Waals surface area contributed by atoms with Gasteiger partial charge in [-0.25, -0.2) is 9.37 Å². The molecule has 0 amide bonds. The van der Waals surface area contributed by atoms with Gasteiger partial charge in [0, 0.05) is 5.39 Å². The highest BCUT2D eigenvalue weighted by atomic mass is 35.5. The van der Waals surface area contributed by atoms with E-state index in [-0.39, 0.29) is 11.6 Å². The van der Waals surface area contributed by atoms with Crippen LogP contribution in [0.5, 0.6) is 0 Å². The summed E-state index contributed by atoms with van der Waals surface area (Å²) in [7, 11) is 0. The summed E-state index contributed by atoms with van der Waals surface area (Å²) in [6.07, 6.45) is 0. The fourth-order valence-electron chi connectivity index (χ4n) is 1.21. The first-order chi connectivity index (χ1) is 6.16. The number of anilines is 1. The third kappa shape index (κ3) is 1.42. The zero-order valence-electron chi connectivity index (χ0n) is 6.59. The monoisotopic (exact) mass is 196 g/mol. The molecule has 0 atom stereocenters. The second-order valence-electron chi connectivity index (χ2n) is 2.70. The molecule has 0 unspecified atom stereocenters. The molecule has 0 saturated carbocycles. The quantitative estimate of drug-likeness (QED) is 0.658. The number of nitrogen functional groups attached to an aromatic ring is 1. The Kier molecular flexibility index (Phi) is 1.81. The molecular formula is C9H6ClFN2. The Morgan fingerprint density at radius 3 is 2.85 bits per heavy atom. The number of hydrogen-bond acceptors (Lipinski definition) is 2. The van der Waals surface area contributed by atoms with Crippen LogP contribution in [-0.4, -0.2) is 4.98 Å². The molecule has 2 N–H and O–H groups in total. The third-order valence-electron chi connectivity index (χ3n) is 1.79. The normalized spacial score (nSPS) is 10.6. The van der Waals surface area contributed by atoms with Gasteiger partial charge in [0.1, 0.15) is 16.8 Å². The first-order valence-corrected chi connectivity index (χ1v) is 4.06. The van der Waals surface area contributed by atoms with Crippen LogP contribution < -0.4 is 5.73 Å². The van der Waals surface area contributed by atoms with Crippen LogP contribution in [0.4, 0.5) is 10.2 Å². The van der Waals surface area contributed by atoms with Gasteiger partial charge in [0.25, 0.3) is 0 Å². The Hall–Kier alpha value is -1.35. The van der Waals surface area contributed by atoms with Crippen molar-refractivity contribution < 1.29 is 4.39 Å². The molecule has 66 valence electrons. The van der Waals surface area contributed by atoms with Crippen molar-refractivity contribution in [1.82, 2.24) is 4.98 Å². The zero-order valence-corrected chi connectivity index (χ0v) is 7.35. The highest BCUT2D eigenvalue weighted by Gasteiger charge is 2.02. The van der Waals surface area contributed by atoms with Gasteiger partial charge in [0.2, 0.25) is 0 Å². The lowest BCUT2D eigenvalue weighted by atomic mass is 10.1. The van der Waals surface area contributed by atoms with Crippen molar-refractivity contribution in [3.63, 3.8) is 0 Å². The molecule has 1 aromatic carbocycles. The van der Waals surface area contributed by atoms with E-state index in [1.54, 1.807) is 12.1 Å². The van der Waals surface area contributed by atoms with Gasteiger partial charge in [0.15, 0.2) is 0 Å². The third-order valence-corrected chi connectivity index (χ3v) is 1.99. The lowest BCUT2D eigenvalue weighted by Crippen LogP contribution is -1.92. The molecule has 2 aromatic rings. The van der Waals surface area contributed by atoms with Crippen LogP contribution in [0.3, 0.4) is 0 Å². The summed E-state index contributed by atoms with van der Waals surface area (Å²) in [5.41, 5.74) is 5.56. The van der Waals surface area contributed by atoms with Gasteiger partial charge in [-0.1, -0.05) is 17.7 Å². The fraction of sp³-hybridized carbons (Fsp3) is 0. The second-order valence-corrected chi connectivity index (χ2v) is 3.08. The van der Waals surface area contributed by atoms with Crippen LogP contribution in [-0.2, 0) is 0 Å². The summed E-state index contributed by atoms with van der Waals surface area (Å²) < 4.78 is 12.8. The summed E-state index contributed by atoms with van der Waals surface area (Å²) in [6, 6.07) is 5.97. The lowest BCUT2D eigenvalue weighted by Gasteiger charge is -2.01. The minimum Gasteiger partial charge on any atom is -0.383 e. The minimum absolute atomic E-state index is 0.252. The highest BCUT2D eigenvalue weighted by Crippen LogP contribution is 2.23. The summed E-state index contributed by atoms with van der Waals surface area (Å²) in [5.74, 6) is -0.0784. The molecule has 2 rings (SSSR count). The van der Waals surface area contributed by atoms with E-state index >= 15 is 0 Å². The van der Waals surface area contributed by atoms with Crippen LogP contribution in [0.1, 0.15) is 0 Å². The van der Waals surface area contributed by atoms with E-state index in [1.165, 1.54) is 12.1 Å². The Labute approximate surface area is 79.1 Å². The Morgan fingerprint density at radius 1 is 1.31 bits per heavy atom. The second kappa shape index (κ2) is 2.85. The Balaban J connectivity index is 2.87. The Bertz CT molecular complexity index is 470. The van der Waals surface area contributed by atoms with Crippen molar-refractivity contribution in [3.05, 3.63) is 35.2 Å². The number of hydrogen-bond donors (Lipinski definition) is 1. The summed E-state index contributed by atoms with van der Waals surface area (Å²) in [5, 5.41) is 1.69. The van der Waals surface area contributed by atoms with Crippen LogP contribution in [0, 0.1) is 5.82 Å². The molecule has 4 heteroatoms. The summed E-state index contributed by atoms with van der Waals surface area (Å²) >= 11 is 5.68. The smallest absolute Gasteiger partial charge is 0.133 e. The van der Waals surface area contributed by atoms with E-state index in [0.717, 1.165) is 5.39 Å². The summed E-state index contributed by atoms with van der Waals surface area (Å²) in [4.78, 5) is 3.82. The van der Waals surface area contributed by atoms with Gasteiger partial charge in [-0.3, -0.25) is 0 Å². The number of rotatable bonds is 0. The first kappa shape index (κ1) is 8.26. The molecule has 0 radical (unpaired) electrons. The molecule has 0 spiro atoms. The number of nitrogens with two attached hydrogens (primary N) is 1. The van der Waals surface area contributed by atoms with E-state index < -0.39 is 0 Å². The maximum absolute atomic E-state index is 12.8. The topological polar surface area (TPSA) is 38.9 Å². The van der Waals surface area contributed by atoms with Crippen molar-refractivity contribution in [2.45, 2.75) is 0 Å². The average molecular weight is 197 g/mol. The molecule has 0 bridgehead atoms. The van der Waals surface area contributed by atoms with Gasteiger partial charge in [0.05, 0.1) is 0 Å². The molecular weight excluding hydrogens is 191 g/mol. The van der Waals surface area contributed by atoms with Gasteiger partial charge >= 0.3 is 0 Å². The molecule has 1 aromatic heterocycles. The standard InChI is InChI=1S/C9H6ClFN2/c10-8-3-5-1-2-6(11)4-7(5)9(12)13-8/h1-4H,(H2,12,13). The fourth-order valence-corrected chi connectivity index (χ4v) is 1.42. The van der Waals surface area contributed by atoms with Gasteiger partial charge in [-0.2, -0.15) is 0 Å². The zero-order chi connectivity index (χ0) is 9.42. The number of halogens is 2. The van der Waals surface area contributed by atoms with E-state index in [2.05, 4.69) is 4.98 Å². The van der Waals surface area contributed by atoms with Crippen LogP contribution in [0.2, 0.25) is 5.15 Å². The van der Waals surface area contributed by atoms with Crippen molar-refractivity contribution in [2.75, 3.05) is 5.73 Å². The number of nitrogens with zero attached hydrogens (tertiary/aromatic N) is 1. The van der Waals surface area contributed by atoms with Gasteiger partial charge in [-0.15, -0.1) is 0 Å². The molecule has 0 aliphatic rings. The van der Waals surface area contributed by atoms with Crippen molar-refractivity contribution >= 4 is 28.2 Å². The Morgan fingerprint density at radius 2 is 2.08 bits per heavy atom. The van der Waals surface area contributed by atoms with Crippen LogP contribution in [0.25, 0.3) is 10.8 Å². The number of pyridine rings is 1. The number of benzene rings is 1. The van der Waals surface area contributed by atoms with Crippen LogP contribution in [0.15, 0.2) is 24.3 Å². The molecule has 0 saturated heterocycles. The molecule has 13 heavy (non-hydrogen) atoms. The van der Waals surface area contributed by atoms with E-state index in [9.17, 15) is 4.39 Å². The molecule has 1 heterocycles. The van der Waals surface area contributed by atoms with Crippen molar-refractivity contribution in [2.24, 2.45) is 0 Å². The first-order valence-electron chi connectivity index (χ1n) is 3.68. The predicted molar refractivity (Wildman–Crippen MR) is 51.1 cm³/mol. The molecule has 0 aliphatic heterocycles. The van der Waals surface area contributed by atoms with Crippen molar-refractivity contribution in [3.8, 4) is 0 Å².